The molecule has 1 aromatic rings. The first-order valence-corrected chi connectivity index (χ1v) is 7.80. The highest BCUT2D eigenvalue weighted by Crippen LogP contribution is 2.17. The minimum atomic E-state index is -0.990. The molecule has 2 amide bonds. The molecule has 0 fully saturated rings. The molecule has 140 valence electrons. The van der Waals surface area contributed by atoms with Crippen molar-refractivity contribution in [3.8, 4) is 0 Å². The predicted molar refractivity (Wildman–Crippen MR) is 97.4 cm³/mol. The Hall–Kier alpha value is -1.83. The van der Waals surface area contributed by atoms with Gasteiger partial charge in [0.1, 0.15) is 0 Å². The molecule has 1 aromatic carbocycles. The Morgan fingerprint density at radius 2 is 1.76 bits per heavy atom. The summed E-state index contributed by atoms with van der Waals surface area (Å²) in [5.41, 5.74) is 6.21. The van der Waals surface area contributed by atoms with Crippen LogP contribution < -0.4 is 16.4 Å². The second-order valence-electron chi connectivity index (χ2n) is 5.56. The van der Waals surface area contributed by atoms with Gasteiger partial charge in [0.05, 0.1) is 19.7 Å². The molecule has 1 rings (SSSR count). The topological polar surface area (TPSA) is 111 Å². The van der Waals surface area contributed by atoms with Gasteiger partial charge in [-0.05, 0) is 23.6 Å². The molecule has 0 radical (unpaired) electrons. The molecule has 9 heteroatoms. The Morgan fingerprint density at radius 1 is 1.20 bits per heavy atom. The number of hydrogen-bond donors (Lipinski definition) is 3. The summed E-state index contributed by atoms with van der Waals surface area (Å²) in [7, 11) is 1.22. The minimum absolute atomic E-state index is 0. The summed E-state index contributed by atoms with van der Waals surface area (Å²) in [6, 6.07) is 4.72. The summed E-state index contributed by atoms with van der Waals surface area (Å²) in [5.74, 6) is -1.65. The molecule has 0 bridgehead atoms. The molecule has 0 aliphatic heterocycles. The first kappa shape index (κ1) is 23.2. The van der Waals surface area contributed by atoms with Crippen molar-refractivity contribution in [1.82, 2.24) is 10.6 Å². The van der Waals surface area contributed by atoms with Crippen LogP contribution in [0.15, 0.2) is 24.3 Å². The van der Waals surface area contributed by atoms with Crippen molar-refractivity contribution in [3.63, 3.8) is 0 Å². The Balaban J connectivity index is 0.00000576. The van der Waals surface area contributed by atoms with Crippen molar-refractivity contribution >= 4 is 41.8 Å². The smallest absolute Gasteiger partial charge is 0.333 e. The third-order valence-corrected chi connectivity index (χ3v) is 3.64. The molecule has 4 N–H and O–H groups in total. The van der Waals surface area contributed by atoms with E-state index >= 15 is 0 Å². The SMILES string of the molecule is COC(=O)C(NC(=O)CNC(=O)[C@@H](N)C(C)C)c1ccc(Cl)cc1.Cl. The van der Waals surface area contributed by atoms with E-state index in [1.807, 2.05) is 0 Å². The maximum atomic E-state index is 12.0. The quantitative estimate of drug-likeness (QED) is 0.604. The van der Waals surface area contributed by atoms with Gasteiger partial charge in [0, 0.05) is 5.02 Å². The van der Waals surface area contributed by atoms with Gasteiger partial charge in [-0.15, -0.1) is 12.4 Å². The third kappa shape index (κ3) is 7.29. The largest absolute Gasteiger partial charge is 0.467 e. The summed E-state index contributed by atoms with van der Waals surface area (Å²) in [6.45, 7) is 3.32. The molecule has 0 aliphatic carbocycles. The molecule has 0 saturated heterocycles. The van der Waals surface area contributed by atoms with Crippen LogP contribution in [0.5, 0.6) is 0 Å². The van der Waals surface area contributed by atoms with Crippen molar-refractivity contribution in [2.24, 2.45) is 11.7 Å². The van der Waals surface area contributed by atoms with Crippen LogP contribution in [-0.4, -0.2) is 37.5 Å². The van der Waals surface area contributed by atoms with Crippen LogP contribution in [0.3, 0.4) is 0 Å². The maximum absolute atomic E-state index is 12.0. The number of rotatable bonds is 7. The van der Waals surface area contributed by atoms with Crippen molar-refractivity contribution in [2.75, 3.05) is 13.7 Å². The minimum Gasteiger partial charge on any atom is -0.467 e. The number of methoxy groups -OCH3 is 1. The number of nitrogens with one attached hydrogen (secondary N) is 2. The van der Waals surface area contributed by atoms with Crippen LogP contribution in [0.2, 0.25) is 5.02 Å². The molecule has 0 heterocycles. The third-order valence-electron chi connectivity index (χ3n) is 3.39. The Morgan fingerprint density at radius 3 is 2.24 bits per heavy atom. The number of halogens is 2. The number of benzene rings is 1. The lowest BCUT2D eigenvalue weighted by Gasteiger charge is -2.18. The lowest BCUT2D eigenvalue weighted by molar-refractivity contribution is -0.145. The monoisotopic (exact) mass is 391 g/mol. The second-order valence-corrected chi connectivity index (χ2v) is 6.00. The molecule has 0 aromatic heterocycles. The second kappa shape index (κ2) is 10.9. The first-order chi connectivity index (χ1) is 11.3. The zero-order chi connectivity index (χ0) is 18.3. The van der Waals surface area contributed by atoms with Crippen molar-refractivity contribution in [2.45, 2.75) is 25.9 Å². The zero-order valence-corrected chi connectivity index (χ0v) is 15.8. The average molecular weight is 392 g/mol. The van der Waals surface area contributed by atoms with Crippen molar-refractivity contribution < 1.29 is 19.1 Å². The standard InChI is InChI=1S/C16H22ClN3O4.ClH/c1-9(2)13(18)15(22)19-8-12(21)20-14(16(23)24-3)10-4-6-11(17)7-5-10;/h4-7,9,13-14H,8,18H2,1-3H3,(H,19,22)(H,20,21);1H/t13-,14?;/m0./s1. The van der Waals surface area contributed by atoms with Crippen LogP contribution in [-0.2, 0) is 19.1 Å². The number of nitrogens with two attached hydrogens (primary N) is 1. The number of ether oxygens (including phenoxy) is 1. The summed E-state index contributed by atoms with van der Waals surface area (Å²) in [6.07, 6.45) is 0. The number of carbonyl (C=O) groups is 3. The maximum Gasteiger partial charge on any atom is 0.333 e. The van der Waals surface area contributed by atoms with E-state index in [0.29, 0.717) is 10.6 Å². The fraction of sp³-hybridized carbons (Fsp3) is 0.438. The summed E-state index contributed by atoms with van der Waals surface area (Å²) >= 11 is 5.81. The highest BCUT2D eigenvalue weighted by molar-refractivity contribution is 6.30. The van der Waals surface area contributed by atoms with E-state index < -0.39 is 29.9 Å². The van der Waals surface area contributed by atoms with E-state index in [1.54, 1.807) is 38.1 Å². The molecule has 25 heavy (non-hydrogen) atoms. The van der Waals surface area contributed by atoms with E-state index in [0.717, 1.165) is 0 Å². The lowest BCUT2D eigenvalue weighted by atomic mass is 10.1. The molecule has 0 saturated carbocycles. The van der Waals surface area contributed by atoms with Gasteiger partial charge in [-0.1, -0.05) is 37.6 Å². The fourth-order valence-electron chi connectivity index (χ4n) is 1.85. The summed E-state index contributed by atoms with van der Waals surface area (Å²) in [4.78, 5) is 35.7. The number of esters is 1. The normalized spacial score (nSPS) is 12.6. The van der Waals surface area contributed by atoms with Gasteiger partial charge in [0.25, 0.3) is 0 Å². The molecule has 1 unspecified atom stereocenters. The highest BCUT2D eigenvalue weighted by Gasteiger charge is 2.24. The van der Waals surface area contributed by atoms with Crippen LogP contribution in [0.25, 0.3) is 0 Å². The van der Waals surface area contributed by atoms with Gasteiger partial charge < -0.3 is 21.1 Å². The number of hydrogen-bond acceptors (Lipinski definition) is 5. The van der Waals surface area contributed by atoms with Crippen LogP contribution in [0.1, 0.15) is 25.5 Å². The van der Waals surface area contributed by atoms with E-state index in [2.05, 4.69) is 10.6 Å². The molecule has 0 spiro atoms. The number of amides is 2. The predicted octanol–water partition coefficient (Wildman–Crippen LogP) is 1.19. The van der Waals surface area contributed by atoms with Crippen molar-refractivity contribution in [1.29, 1.82) is 0 Å². The van der Waals surface area contributed by atoms with Gasteiger partial charge in [0.15, 0.2) is 6.04 Å². The van der Waals surface area contributed by atoms with Gasteiger partial charge >= 0.3 is 5.97 Å². The Labute approximate surface area is 158 Å². The zero-order valence-electron chi connectivity index (χ0n) is 14.2. The van der Waals surface area contributed by atoms with Gasteiger partial charge in [-0.2, -0.15) is 0 Å². The van der Waals surface area contributed by atoms with Gasteiger partial charge in [0.2, 0.25) is 11.8 Å². The number of carbonyl (C=O) groups excluding carboxylic acids is 3. The van der Waals surface area contributed by atoms with Crippen LogP contribution in [0, 0.1) is 5.92 Å². The van der Waals surface area contributed by atoms with E-state index in [1.165, 1.54) is 7.11 Å². The van der Waals surface area contributed by atoms with Crippen molar-refractivity contribution in [3.05, 3.63) is 34.9 Å². The van der Waals surface area contributed by atoms with Crippen LogP contribution >= 0.6 is 24.0 Å². The molecule has 7 nitrogen and oxygen atoms in total. The highest BCUT2D eigenvalue weighted by atomic mass is 35.5. The first-order valence-electron chi connectivity index (χ1n) is 7.42. The summed E-state index contributed by atoms with van der Waals surface area (Å²) in [5, 5.41) is 5.46. The summed E-state index contributed by atoms with van der Waals surface area (Å²) < 4.78 is 4.70. The van der Waals surface area contributed by atoms with Gasteiger partial charge in [-0.25, -0.2) is 4.79 Å². The lowest BCUT2D eigenvalue weighted by Crippen LogP contribution is -2.48. The van der Waals surface area contributed by atoms with E-state index in [9.17, 15) is 14.4 Å². The van der Waals surface area contributed by atoms with Crippen LogP contribution in [0.4, 0.5) is 0 Å². The molecular weight excluding hydrogens is 369 g/mol. The fourth-order valence-corrected chi connectivity index (χ4v) is 1.98. The van der Waals surface area contributed by atoms with Gasteiger partial charge in [-0.3, -0.25) is 9.59 Å². The Kier molecular flexibility index (Phi) is 10.1. The molecule has 2 atom stereocenters. The van der Waals surface area contributed by atoms with E-state index in [4.69, 9.17) is 22.1 Å². The average Bonchev–Trinajstić information content (AvgIpc) is 2.56. The molecule has 0 aliphatic rings. The Bertz CT molecular complexity index is 594. The van der Waals surface area contributed by atoms with E-state index in [-0.39, 0.29) is 24.9 Å². The molecular formula is C16H23Cl2N3O4.